The molecule has 6 nitrogen and oxygen atoms in total. The maximum atomic E-state index is 12.2. The quantitative estimate of drug-likeness (QED) is 0.705. The van der Waals surface area contributed by atoms with Crippen LogP contribution in [0.4, 0.5) is 0 Å². The highest BCUT2D eigenvalue weighted by Gasteiger charge is 2.09. The van der Waals surface area contributed by atoms with Crippen LogP contribution in [0.5, 0.6) is 0 Å². The molecule has 0 aliphatic heterocycles. The van der Waals surface area contributed by atoms with Crippen LogP contribution in [0.1, 0.15) is 5.56 Å². The zero-order valence-electron chi connectivity index (χ0n) is 10.1. The molecular formula is C12H10ClN5O. The van der Waals surface area contributed by atoms with Gasteiger partial charge in [-0.05, 0) is 17.7 Å². The molecule has 0 unspecified atom stereocenters. The molecule has 3 aromatic rings. The highest BCUT2D eigenvalue weighted by Crippen LogP contribution is 2.10. The molecular weight excluding hydrogens is 266 g/mol. The summed E-state index contributed by atoms with van der Waals surface area (Å²) in [5.74, 6) is 0. The highest BCUT2D eigenvalue weighted by atomic mass is 35.5. The van der Waals surface area contributed by atoms with Gasteiger partial charge in [0.15, 0.2) is 11.2 Å². The van der Waals surface area contributed by atoms with Crippen molar-refractivity contribution in [2.75, 3.05) is 0 Å². The maximum Gasteiger partial charge on any atom is 0.283 e. The molecule has 0 atom stereocenters. The average molecular weight is 276 g/mol. The van der Waals surface area contributed by atoms with Gasteiger partial charge >= 0.3 is 0 Å². The molecule has 0 bridgehead atoms. The van der Waals surface area contributed by atoms with Crippen LogP contribution in [0.3, 0.4) is 0 Å². The summed E-state index contributed by atoms with van der Waals surface area (Å²) in [6, 6.07) is 7.32. The van der Waals surface area contributed by atoms with Gasteiger partial charge in [-0.2, -0.15) is 0 Å². The van der Waals surface area contributed by atoms with Crippen LogP contribution >= 0.6 is 11.6 Å². The van der Waals surface area contributed by atoms with Crippen molar-refractivity contribution >= 4 is 22.8 Å². The van der Waals surface area contributed by atoms with Crippen LogP contribution in [0.15, 0.2) is 35.4 Å². The third kappa shape index (κ3) is 2.10. The van der Waals surface area contributed by atoms with Crippen molar-refractivity contribution in [1.82, 2.24) is 24.5 Å². The summed E-state index contributed by atoms with van der Waals surface area (Å²) in [7, 11) is 1.70. The van der Waals surface area contributed by atoms with E-state index >= 15 is 0 Å². The number of aryl methyl sites for hydroxylation is 1. The summed E-state index contributed by atoms with van der Waals surface area (Å²) in [5.41, 5.74) is 1.53. The zero-order chi connectivity index (χ0) is 13.4. The molecule has 3 rings (SSSR count). The van der Waals surface area contributed by atoms with E-state index in [9.17, 15) is 4.79 Å². The normalized spacial score (nSPS) is 11.1. The third-order valence-corrected chi connectivity index (χ3v) is 3.10. The number of rotatable bonds is 2. The molecule has 2 aromatic heterocycles. The van der Waals surface area contributed by atoms with Gasteiger partial charge in [-0.1, -0.05) is 28.9 Å². The number of nitrogens with zero attached hydrogens (tertiary/aromatic N) is 5. The Balaban J connectivity index is 2.04. The van der Waals surface area contributed by atoms with Crippen molar-refractivity contribution in [1.29, 1.82) is 0 Å². The Morgan fingerprint density at radius 3 is 2.74 bits per heavy atom. The molecule has 0 spiro atoms. The van der Waals surface area contributed by atoms with Gasteiger partial charge in [0.1, 0.15) is 6.33 Å². The van der Waals surface area contributed by atoms with Crippen molar-refractivity contribution in [2.45, 2.75) is 6.54 Å². The van der Waals surface area contributed by atoms with Gasteiger partial charge in [-0.25, -0.2) is 9.67 Å². The van der Waals surface area contributed by atoms with Gasteiger partial charge in [0.05, 0.1) is 6.54 Å². The fourth-order valence-corrected chi connectivity index (χ4v) is 1.97. The Morgan fingerprint density at radius 2 is 2.00 bits per heavy atom. The summed E-state index contributed by atoms with van der Waals surface area (Å²) in [6.45, 7) is 0.426. The lowest BCUT2D eigenvalue weighted by Crippen LogP contribution is -2.21. The minimum Gasteiger partial charge on any atom is -0.293 e. The number of hydrogen-bond donors (Lipinski definition) is 0. The molecule has 0 fully saturated rings. The second kappa shape index (κ2) is 4.47. The third-order valence-electron chi connectivity index (χ3n) is 2.85. The summed E-state index contributed by atoms with van der Waals surface area (Å²) >= 11 is 5.82. The van der Waals surface area contributed by atoms with E-state index in [0.29, 0.717) is 17.2 Å². The molecule has 2 heterocycles. The lowest BCUT2D eigenvalue weighted by atomic mass is 10.2. The van der Waals surface area contributed by atoms with E-state index in [1.165, 1.54) is 15.6 Å². The largest absolute Gasteiger partial charge is 0.293 e. The standard InChI is InChI=1S/C12H10ClN5O/c1-17-11-10(15-16-17)12(19)18(7-14-11)6-8-2-4-9(13)5-3-8/h2-5,7H,6H2,1H3. The van der Waals surface area contributed by atoms with Crippen LogP contribution in [0.25, 0.3) is 11.2 Å². The molecule has 0 radical (unpaired) electrons. The Kier molecular flexibility index (Phi) is 2.79. The van der Waals surface area contributed by atoms with Crippen molar-refractivity contribution in [3.8, 4) is 0 Å². The van der Waals surface area contributed by atoms with Gasteiger partial charge < -0.3 is 0 Å². The summed E-state index contributed by atoms with van der Waals surface area (Å²) in [5, 5.41) is 8.29. The van der Waals surface area contributed by atoms with E-state index in [0.717, 1.165) is 5.56 Å². The van der Waals surface area contributed by atoms with Crippen LogP contribution in [0.2, 0.25) is 5.02 Å². The van der Waals surface area contributed by atoms with Crippen molar-refractivity contribution in [2.24, 2.45) is 7.05 Å². The number of hydrogen-bond acceptors (Lipinski definition) is 4. The minimum absolute atomic E-state index is 0.201. The SMILES string of the molecule is Cn1nnc2c(=O)n(Cc3ccc(Cl)cc3)cnc21. The lowest BCUT2D eigenvalue weighted by molar-refractivity contribution is 0.724. The van der Waals surface area contributed by atoms with E-state index < -0.39 is 0 Å². The van der Waals surface area contributed by atoms with E-state index in [-0.39, 0.29) is 11.1 Å². The van der Waals surface area contributed by atoms with E-state index in [4.69, 9.17) is 11.6 Å². The van der Waals surface area contributed by atoms with E-state index in [1.807, 2.05) is 12.1 Å². The molecule has 0 N–H and O–H groups in total. The molecule has 96 valence electrons. The van der Waals surface area contributed by atoms with Gasteiger partial charge in [0, 0.05) is 12.1 Å². The Morgan fingerprint density at radius 1 is 1.26 bits per heavy atom. The van der Waals surface area contributed by atoms with Crippen LogP contribution in [0, 0.1) is 0 Å². The van der Waals surface area contributed by atoms with Crippen LogP contribution in [-0.4, -0.2) is 24.5 Å². The van der Waals surface area contributed by atoms with Crippen molar-refractivity contribution < 1.29 is 0 Å². The fraction of sp³-hybridized carbons (Fsp3) is 0.167. The second-order valence-corrected chi connectivity index (χ2v) is 4.63. The first-order valence-electron chi connectivity index (χ1n) is 5.64. The van der Waals surface area contributed by atoms with Crippen molar-refractivity contribution in [3.05, 3.63) is 51.5 Å². The van der Waals surface area contributed by atoms with Gasteiger partial charge in [0.2, 0.25) is 0 Å². The summed E-state index contributed by atoms with van der Waals surface area (Å²) < 4.78 is 2.98. The Labute approximate surface area is 113 Å². The molecule has 0 saturated heterocycles. The van der Waals surface area contributed by atoms with E-state index in [1.54, 1.807) is 19.2 Å². The second-order valence-electron chi connectivity index (χ2n) is 4.19. The minimum atomic E-state index is -0.201. The Bertz CT molecular complexity index is 790. The monoisotopic (exact) mass is 275 g/mol. The van der Waals surface area contributed by atoms with Gasteiger partial charge in [-0.15, -0.1) is 5.10 Å². The molecule has 0 amide bonds. The Hall–Kier alpha value is -2.21. The summed E-state index contributed by atoms with van der Waals surface area (Å²) in [6.07, 6.45) is 1.50. The molecule has 0 aliphatic rings. The lowest BCUT2D eigenvalue weighted by Gasteiger charge is -2.05. The van der Waals surface area contributed by atoms with Crippen LogP contribution < -0.4 is 5.56 Å². The first-order valence-corrected chi connectivity index (χ1v) is 6.02. The predicted molar refractivity (Wildman–Crippen MR) is 71.1 cm³/mol. The van der Waals surface area contributed by atoms with E-state index in [2.05, 4.69) is 15.3 Å². The topological polar surface area (TPSA) is 65.6 Å². The highest BCUT2D eigenvalue weighted by molar-refractivity contribution is 6.30. The molecule has 1 aromatic carbocycles. The zero-order valence-corrected chi connectivity index (χ0v) is 10.9. The number of halogens is 1. The molecule has 19 heavy (non-hydrogen) atoms. The maximum absolute atomic E-state index is 12.2. The van der Waals surface area contributed by atoms with Crippen molar-refractivity contribution in [3.63, 3.8) is 0 Å². The molecule has 7 heteroatoms. The average Bonchev–Trinajstić information content (AvgIpc) is 2.78. The molecule has 0 saturated carbocycles. The number of fused-ring (bicyclic) bond motifs is 1. The smallest absolute Gasteiger partial charge is 0.283 e. The molecule has 0 aliphatic carbocycles. The fourth-order valence-electron chi connectivity index (χ4n) is 1.85. The summed E-state index contributed by atoms with van der Waals surface area (Å²) in [4.78, 5) is 16.4. The number of benzene rings is 1. The van der Waals surface area contributed by atoms with Gasteiger partial charge in [0.25, 0.3) is 5.56 Å². The predicted octanol–water partition coefficient (Wildman–Crippen LogP) is 1.23. The first kappa shape index (κ1) is 11.9. The first-order chi connectivity index (χ1) is 9.15. The number of aromatic nitrogens is 5. The van der Waals surface area contributed by atoms with Gasteiger partial charge in [-0.3, -0.25) is 9.36 Å². The van der Waals surface area contributed by atoms with Crippen LogP contribution in [-0.2, 0) is 13.6 Å².